The molecule has 2 fully saturated rings. The molecule has 2 aliphatic heterocycles. The lowest BCUT2D eigenvalue weighted by molar-refractivity contribution is -0.138. The van der Waals surface area contributed by atoms with Gasteiger partial charge < -0.3 is 19.9 Å². The number of rotatable bonds is 4. The maximum absolute atomic E-state index is 13.2. The zero-order valence-electron chi connectivity index (χ0n) is 20.5. The molecular weight excluding hydrogens is 450 g/mol. The molecule has 4 heterocycles. The molecule has 2 aromatic heterocycles. The van der Waals surface area contributed by atoms with Crippen molar-refractivity contribution in [3.05, 3.63) is 35.0 Å². The molecule has 0 radical (unpaired) electrons. The number of nitrogens with one attached hydrogen (secondary N) is 1. The predicted octanol–water partition coefficient (Wildman–Crippen LogP) is 4.94. The van der Waals surface area contributed by atoms with Gasteiger partial charge in [0.25, 0.3) is 0 Å². The molecule has 2 aromatic rings. The van der Waals surface area contributed by atoms with Crippen LogP contribution in [0.2, 0.25) is 0 Å². The van der Waals surface area contributed by atoms with Gasteiger partial charge in [-0.05, 0) is 65.5 Å². The van der Waals surface area contributed by atoms with Crippen molar-refractivity contribution >= 4 is 34.3 Å². The van der Waals surface area contributed by atoms with E-state index in [0.29, 0.717) is 19.0 Å². The predicted molar refractivity (Wildman–Crippen MR) is 133 cm³/mol. The van der Waals surface area contributed by atoms with Gasteiger partial charge in [-0.1, -0.05) is 6.07 Å². The van der Waals surface area contributed by atoms with E-state index in [1.807, 2.05) is 50.9 Å². The summed E-state index contributed by atoms with van der Waals surface area (Å²) in [6, 6.07) is 6.05. The Morgan fingerprint density at radius 1 is 1.12 bits per heavy atom. The molecule has 9 heteroatoms. The Morgan fingerprint density at radius 2 is 1.88 bits per heavy atom. The average Bonchev–Trinajstić information content (AvgIpc) is 3.22. The smallest absolute Gasteiger partial charge is 0.410 e. The molecule has 2 amide bonds. The fraction of sp³-hybridized carbons (Fsp3) is 0.600. The van der Waals surface area contributed by atoms with Crippen LogP contribution in [-0.2, 0) is 9.53 Å². The van der Waals surface area contributed by atoms with E-state index < -0.39 is 5.60 Å². The second kappa shape index (κ2) is 10.3. The molecule has 0 bridgehead atoms. The van der Waals surface area contributed by atoms with Crippen LogP contribution >= 0.6 is 11.3 Å². The highest BCUT2D eigenvalue weighted by atomic mass is 32.1. The summed E-state index contributed by atoms with van der Waals surface area (Å²) in [5.41, 5.74) is 0.523. The van der Waals surface area contributed by atoms with E-state index in [1.54, 1.807) is 16.2 Å². The van der Waals surface area contributed by atoms with E-state index in [-0.39, 0.29) is 17.9 Å². The lowest BCUT2D eigenvalue weighted by Crippen LogP contribution is -2.49. The zero-order valence-corrected chi connectivity index (χ0v) is 21.4. The summed E-state index contributed by atoms with van der Waals surface area (Å²) in [4.78, 5) is 39.7. The summed E-state index contributed by atoms with van der Waals surface area (Å²) in [5.74, 6) is 1.14. The molecule has 1 N–H and O–H groups in total. The molecule has 8 nitrogen and oxygen atoms in total. The maximum atomic E-state index is 13.2. The molecule has 0 saturated carbocycles. The number of aromatic nitrogens is 2. The summed E-state index contributed by atoms with van der Waals surface area (Å²) < 4.78 is 5.51. The second-order valence-electron chi connectivity index (χ2n) is 10.2. The van der Waals surface area contributed by atoms with Crippen molar-refractivity contribution in [1.82, 2.24) is 19.8 Å². The van der Waals surface area contributed by atoms with Gasteiger partial charge in [0, 0.05) is 48.9 Å². The second-order valence-corrected chi connectivity index (χ2v) is 11.4. The third kappa shape index (κ3) is 6.25. The number of ether oxygens (including phenoxy) is 1. The Labute approximate surface area is 205 Å². The molecule has 0 aromatic carbocycles. The van der Waals surface area contributed by atoms with Gasteiger partial charge in [-0.15, -0.1) is 11.3 Å². The first-order valence-electron chi connectivity index (χ1n) is 12.1. The maximum Gasteiger partial charge on any atom is 0.410 e. The van der Waals surface area contributed by atoms with Gasteiger partial charge in [0.15, 0.2) is 5.13 Å². The number of likely N-dealkylation sites (tertiary alicyclic amines) is 2. The van der Waals surface area contributed by atoms with Crippen molar-refractivity contribution in [3.63, 3.8) is 0 Å². The van der Waals surface area contributed by atoms with Crippen molar-refractivity contribution in [2.45, 2.75) is 64.9 Å². The van der Waals surface area contributed by atoms with E-state index in [4.69, 9.17) is 9.72 Å². The number of nitrogens with zero attached hydrogens (tertiary/aromatic N) is 4. The monoisotopic (exact) mass is 485 g/mol. The minimum Gasteiger partial charge on any atom is -0.444 e. The molecule has 0 spiro atoms. The fourth-order valence-corrected chi connectivity index (χ4v) is 5.27. The number of carbonyl (C=O) groups excluding carboxylic acids is 2. The highest BCUT2D eigenvalue weighted by Gasteiger charge is 2.34. The number of thiazole rings is 1. The third-order valence-corrected chi connectivity index (χ3v) is 7.10. The van der Waals surface area contributed by atoms with Crippen LogP contribution < -0.4 is 5.32 Å². The van der Waals surface area contributed by atoms with E-state index in [0.717, 1.165) is 60.3 Å². The van der Waals surface area contributed by atoms with Crippen molar-refractivity contribution in [1.29, 1.82) is 0 Å². The topological polar surface area (TPSA) is 87.7 Å². The van der Waals surface area contributed by atoms with Crippen LogP contribution in [0.4, 0.5) is 15.7 Å². The van der Waals surface area contributed by atoms with Crippen LogP contribution in [0.3, 0.4) is 0 Å². The van der Waals surface area contributed by atoms with E-state index >= 15 is 0 Å². The van der Waals surface area contributed by atoms with Crippen molar-refractivity contribution < 1.29 is 14.3 Å². The van der Waals surface area contributed by atoms with Gasteiger partial charge in [0.2, 0.25) is 5.91 Å². The number of aryl methyl sites for hydroxylation is 1. The quantitative estimate of drug-likeness (QED) is 0.660. The van der Waals surface area contributed by atoms with Gasteiger partial charge in [-0.3, -0.25) is 4.79 Å². The first-order chi connectivity index (χ1) is 16.2. The Bertz CT molecular complexity index is 1010. The third-order valence-electron chi connectivity index (χ3n) is 6.27. The minimum atomic E-state index is -0.532. The van der Waals surface area contributed by atoms with Crippen LogP contribution in [0, 0.1) is 12.8 Å². The van der Waals surface area contributed by atoms with Crippen LogP contribution in [0.5, 0.6) is 0 Å². The van der Waals surface area contributed by atoms with Gasteiger partial charge >= 0.3 is 6.09 Å². The Kier molecular flexibility index (Phi) is 7.40. The molecule has 2 saturated heterocycles. The Hall–Kier alpha value is -2.68. The standard InChI is InChI=1S/C25H35N5O3S/c1-17-15-26-23(34-17)28-21-9-5-8-20(27-21)18-10-13-29(14-11-18)22(31)19-7-6-12-30(16-19)24(32)33-25(2,3)4/h5,8-9,15,18-19H,6-7,10-14,16H2,1-4H3,(H,26,27,28). The number of amides is 2. The van der Waals surface area contributed by atoms with Gasteiger partial charge in [0.1, 0.15) is 11.4 Å². The average molecular weight is 486 g/mol. The van der Waals surface area contributed by atoms with Crippen molar-refractivity contribution in [2.24, 2.45) is 5.92 Å². The van der Waals surface area contributed by atoms with Gasteiger partial charge in [-0.2, -0.15) is 0 Å². The lowest BCUT2D eigenvalue weighted by atomic mass is 9.91. The molecule has 4 rings (SSSR count). The van der Waals surface area contributed by atoms with Crippen LogP contribution in [0.15, 0.2) is 24.4 Å². The van der Waals surface area contributed by atoms with Gasteiger partial charge in [-0.25, -0.2) is 14.8 Å². The summed E-state index contributed by atoms with van der Waals surface area (Å²) in [6.07, 6.45) is 4.96. The summed E-state index contributed by atoms with van der Waals surface area (Å²) in [7, 11) is 0. The summed E-state index contributed by atoms with van der Waals surface area (Å²) in [6.45, 7) is 10.2. The number of pyridine rings is 1. The molecular formula is C25H35N5O3S. The Morgan fingerprint density at radius 3 is 2.56 bits per heavy atom. The van der Waals surface area contributed by atoms with E-state index in [2.05, 4.69) is 16.4 Å². The summed E-state index contributed by atoms with van der Waals surface area (Å²) in [5, 5.41) is 4.13. The highest BCUT2D eigenvalue weighted by Crippen LogP contribution is 2.30. The first-order valence-corrected chi connectivity index (χ1v) is 12.9. The SMILES string of the molecule is Cc1cnc(Nc2cccc(C3CCN(C(=O)C4CCCN(C(=O)OC(C)(C)C)C4)CC3)n2)s1. The molecule has 0 aliphatic carbocycles. The molecule has 184 valence electrons. The number of carbonyl (C=O) groups is 2. The largest absolute Gasteiger partial charge is 0.444 e. The first kappa shape index (κ1) is 24.4. The number of anilines is 2. The summed E-state index contributed by atoms with van der Waals surface area (Å²) >= 11 is 1.61. The Balaban J connectivity index is 1.31. The van der Waals surface area contributed by atoms with E-state index in [1.165, 1.54) is 0 Å². The fourth-order valence-electron chi connectivity index (χ4n) is 4.60. The number of hydrogen-bond acceptors (Lipinski definition) is 7. The number of piperidine rings is 2. The van der Waals surface area contributed by atoms with Crippen molar-refractivity contribution in [2.75, 3.05) is 31.5 Å². The number of hydrogen-bond donors (Lipinski definition) is 1. The highest BCUT2D eigenvalue weighted by molar-refractivity contribution is 7.15. The molecule has 34 heavy (non-hydrogen) atoms. The van der Waals surface area contributed by atoms with Gasteiger partial charge in [0.05, 0.1) is 5.92 Å². The van der Waals surface area contributed by atoms with Crippen molar-refractivity contribution in [3.8, 4) is 0 Å². The molecule has 1 unspecified atom stereocenters. The van der Waals surface area contributed by atoms with E-state index in [9.17, 15) is 9.59 Å². The minimum absolute atomic E-state index is 0.148. The molecule has 2 aliphatic rings. The van der Waals surface area contributed by atoms with Crippen LogP contribution in [0.1, 0.15) is 62.9 Å². The van der Waals surface area contributed by atoms with Crippen LogP contribution in [0.25, 0.3) is 0 Å². The molecule has 1 atom stereocenters. The normalized spacial score (nSPS) is 19.7. The zero-order chi connectivity index (χ0) is 24.3. The lowest BCUT2D eigenvalue weighted by Gasteiger charge is -2.38. The van der Waals surface area contributed by atoms with Crippen LogP contribution in [-0.4, -0.2) is 63.5 Å².